The summed E-state index contributed by atoms with van der Waals surface area (Å²) in [5, 5.41) is 4.48. The van der Waals surface area contributed by atoms with Gasteiger partial charge in [0.15, 0.2) is 0 Å². The number of carbonyl (C=O) groups is 1. The number of thiophene rings is 2. The molecule has 190 valence electrons. The van der Waals surface area contributed by atoms with Crippen LogP contribution < -0.4 is 10.0 Å². The molecule has 0 bridgehead atoms. The lowest BCUT2D eigenvalue weighted by molar-refractivity contribution is 0.103. The van der Waals surface area contributed by atoms with E-state index in [0.29, 0.717) is 26.9 Å². The Labute approximate surface area is 229 Å². The first-order valence-corrected chi connectivity index (χ1v) is 15.4. The van der Waals surface area contributed by atoms with Crippen molar-refractivity contribution in [1.82, 2.24) is 0 Å². The normalized spacial score (nSPS) is 12.3. The van der Waals surface area contributed by atoms with Crippen LogP contribution in [0.15, 0.2) is 48.5 Å². The number of anilines is 2. The van der Waals surface area contributed by atoms with Crippen molar-refractivity contribution in [3.63, 3.8) is 0 Å². The third-order valence-electron chi connectivity index (χ3n) is 5.81. The fraction of sp³-hybridized carbons (Fsp3) is 0.269. The molecule has 2 aromatic carbocycles. The summed E-state index contributed by atoms with van der Waals surface area (Å²) in [5.74, 6) is 0.178. The molecule has 5 nitrogen and oxygen atoms in total. The first-order valence-electron chi connectivity index (χ1n) is 11.2. The summed E-state index contributed by atoms with van der Waals surface area (Å²) < 4.78 is 26.4. The first-order chi connectivity index (χ1) is 16.7. The second-order valence-electron chi connectivity index (χ2n) is 9.52. The van der Waals surface area contributed by atoms with Crippen LogP contribution in [0.2, 0.25) is 10.0 Å². The molecular weight excluding hydrogens is 555 g/mol. The van der Waals surface area contributed by atoms with E-state index < -0.39 is 10.0 Å². The minimum Gasteiger partial charge on any atom is -0.321 e. The SMILES string of the molecule is CC(C)c1ccc(C(C)(C)c2cc(Cl)cc(NC(=O)c3cc4cc(NS(C)(=O)=O)c(Cl)cc4s3)c2)s1. The van der Waals surface area contributed by atoms with Gasteiger partial charge in [-0.3, -0.25) is 9.52 Å². The topological polar surface area (TPSA) is 75.3 Å². The number of hydrogen-bond acceptors (Lipinski definition) is 5. The second-order valence-corrected chi connectivity index (χ2v) is 14.3. The maximum atomic E-state index is 13.1. The van der Waals surface area contributed by atoms with Gasteiger partial charge in [-0.05, 0) is 65.4 Å². The fourth-order valence-electron chi connectivity index (χ4n) is 3.81. The quantitative estimate of drug-likeness (QED) is 0.230. The Morgan fingerprint density at radius 1 is 1.00 bits per heavy atom. The minimum absolute atomic E-state index is 0.262. The number of rotatable bonds is 7. The molecule has 2 N–H and O–H groups in total. The van der Waals surface area contributed by atoms with Crippen LogP contribution in [0.25, 0.3) is 10.1 Å². The predicted molar refractivity (Wildman–Crippen MR) is 155 cm³/mol. The van der Waals surface area contributed by atoms with Gasteiger partial charge >= 0.3 is 0 Å². The van der Waals surface area contributed by atoms with Crippen LogP contribution in [0, 0.1) is 0 Å². The van der Waals surface area contributed by atoms with Crippen LogP contribution in [-0.2, 0) is 15.4 Å². The molecule has 2 aromatic heterocycles. The summed E-state index contributed by atoms with van der Waals surface area (Å²) in [5.41, 5.74) is 1.58. The van der Waals surface area contributed by atoms with Gasteiger partial charge in [-0.25, -0.2) is 8.42 Å². The molecule has 10 heteroatoms. The highest BCUT2D eigenvalue weighted by molar-refractivity contribution is 7.92. The van der Waals surface area contributed by atoms with E-state index in [1.54, 1.807) is 35.6 Å². The summed E-state index contributed by atoms with van der Waals surface area (Å²) in [6.45, 7) is 8.66. The zero-order valence-electron chi connectivity index (χ0n) is 20.4. The van der Waals surface area contributed by atoms with E-state index >= 15 is 0 Å². The van der Waals surface area contributed by atoms with E-state index in [9.17, 15) is 13.2 Å². The van der Waals surface area contributed by atoms with Gasteiger partial charge in [0.25, 0.3) is 5.91 Å². The molecule has 0 atom stereocenters. The number of benzene rings is 2. The zero-order chi connectivity index (χ0) is 26.4. The van der Waals surface area contributed by atoms with E-state index in [4.69, 9.17) is 23.2 Å². The van der Waals surface area contributed by atoms with Gasteiger partial charge in [-0.1, -0.05) is 50.9 Å². The largest absolute Gasteiger partial charge is 0.321 e. The Morgan fingerprint density at radius 2 is 1.72 bits per heavy atom. The van der Waals surface area contributed by atoms with Crippen LogP contribution in [0.3, 0.4) is 0 Å². The Bertz CT molecular complexity index is 1570. The maximum Gasteiger partial charge on any atom is 0.265 e. The second kappa shape index (κ2) is 9.99. The van der Waals surface area contributed by atoms with Gasteiger partial charge in [-0.2, -0.15) is 0 Å². The van der Waals surface area contributed by atoms with E-state index in [-0.39, 0.29) is 22.0 Å². The molecule has 0 fully saturated rings. The number of hydrogen-bond donors (Lipinski definition) is 2. The van der Waals surface area contributed by atoms with Crippen molar-refractivity contribution in [2.75, 3.05) is 16.3 Å². The van der Waals surface area contributed by atoms with Crippen molar-refractivity contribution in [3.05, 3.63) is 78.8 Å². The molecule has 0 saturated carbocycles. The molecule has 0 unspecified atom stereocenters. The minimum atomic E-state index is -3.48. The van der Waals surface area contributed by atoms with Crippen LogP contribution in [0.1, 0.15) is 58.6 Å². The summed E-state index contributed by atoms with van der Waals surface area (Å²) in [4.78, 5) is 16.1. The van der Waals surface area contributed by atoms with E-state index in [1.807, 2.05) is 12.1 Å². The van der Waals surface area contributed by atoms with Crippen LogP contribution in [0.5, 0.6) is 0 Å². The van der Waals surface area contributed by atoms with E-state index in [2.05, 4.69) is 49.9 Å². The van der Waals surface area contributed by atoms with Gasteiger partial charge in [-0.15, -0.1) is 22.7 Å². The number of amides is 1. The Hall–Kier alpha value is -2.10. The lowest BCUT2D eigenvalue weighted by Gasteiger charge is -2.25. The van der Waals surface area contributed by atoms with Gasteiger partial charge < -0.3 is 5.32 Å². The average Bonchev–Trinajstić information content (AvgIpc) is 3.40. The Balaban J connectivity index is 1.61. The molecule has 0 aliphatic heterocycles. The highest BCUT2D eigenvalue weighted by Gasteiger charge is 2.27. The molecule has 36 heavy (non-hydrogen) atoms. The molecule has 0 spiro atoms. The summed E-state index contributed by atoms with van der Waals surface area (Å²) >= 11 is 15.8. The summed E-state index contributed by atoms with van der Waals surface area (Å²) in [7, 11) is -3.48. The average molecular weight is 582 g/mol. The third kappa shape index (κ3) is 5.89. The smallest absolute Gasteiger partial charge is 0.265 e. The van der Waals surface area contributed by atoms with Gasteiger partial charge in [0.05, 0.1) is 21.8 Å². The molecule has 4 aromatic rings. The van der Waals surface area contributed by atoms with Crippen molar-refractivity contribution < 1.29 is 13.2 Å². The van der Waals surface area contributed by atoms with Gasteiger partial charge in [0.2, 0.25) is 10.0 Å². The fourth-order valence-corrected chi connectivity index (χ4v) is 7.06. The van der Waals surface area contributed by atoms with Crippen molar-refractivity contribution in [1.29, 1.82) is 0 Å². The van der Waals surface area contributed by atoms with Crippen LogP contribution in [-0.4, -0.2) is 20.6 Å². The molecule has 4 rings (SSSR count). The van der Waals surface area contributed by atoms with Gasteiger partial charge in [0.1, 0.15) is 0 Å². The Kier molecular flexibility index (Phi) is 7.48. The zero-order valence-corrected chi connectivity index (χ0v) is 24.4. The maximum absolute atomic E-state index is 13.1. The number of fused-ring (bicyclic) bond motifs is 1. The summed E-state index contributed by atoms with van der Waals surface area (Å²) in [6, 6.07) is 14.9. The van der Waals surface area contributed by atoms with Crippen LogP contribution >= 0.6 is 45.9 Å². The third-order valence-corrected chi connectivity index (χ3v) is 9.74. The monoisotopic (exact) mass is 580 g/mol. The highest BCUT2D eigenvalue weighted by atomic mass is 35.5. The molecule has 1 amide bonds. The lowest BCUT2D eigenvalue weighted by Crippen LogP contribution is -2.18. The number of sulfonamides is 1. The molecule has 0 aliphatic rings. The predicted octanol–water partition coefficient (Wildman–Crippen LogP) is 8.34. The molecule has 0 saturated heterocycles. The van der Waals surface area contributed by atoms with Gasteiger partial charge in [0, 0.05) is 30.6 Å². The van der Waals surface area contributed by atoms with Crippen molar-refractivity contribution in [3.8, 4) is 0 Å². The lowest BCUT2D eigenvalue weighted by atomic mass is 9.83. The highest BCUT2D eigenvalue weighted by Crippen LogP contribution is 2.40. The molecule has 0 radical (unpaired) electrons. The number of carbonyl (C=O) groups excluding carboxylic acids is 1. The molecular formula is C26H26Cl2N2O3S3. The summed E-state index contributed by atoms with van der Waals surface area (Å²) in [6.07, 6.45) is 1.06. The van der Waals surface area contributed by atoms with E-state index in [1.165, 1.54) is 21.1 Å². The Morgan fingerprint density at radius 3 is 2.36 bits per heavy atom. The van der Waals surface area contributed by atoms with E-state index in [0.717, 1.165) is 16.5 Å². The van der Waals surface area contributed by atoms with Crippen molar-refractivity contribution in [2.45, 2.75) is 39.0 Å². The number of halogens is 2. The first kappa shape index (κ1) is 26.9. The standard InChI is InChI=1S/C26H26Cl2N2O3S3/c1-14(2)21-6-7-24(35-21)26(3,4)16-10-17(27)12-18(11-16)29-25(31)23-9-15-8-20(30-36(5,32)33)19(28)13-22(15)34-23/h6-14,30H,1-5H3,(H,29,31). The van der Waals surface area contributed by atoms with Crippen molar-refractivity contribution in [2.24, 2.45) is 0 Å². The molecule has 0 aliphatic carbocycles. The van der Waals surface area contributed by atoms with Crippen molar-refractivity contribution >= 4 is 83.3 Å². The van der Waals surface area contributed by atoms with Crippen LogP contribution in [0.4, 0.5) is 11.4 Å². The number of nitrogens with one attached hydrogen (secondary N) is 2. The molecule has 2 heterocycles.